The van der Waals surface area contributed by atoms with Crippen LogP contribution in [0.3, 0.4) is 0 Å². The van der Waals surface area contributed by atoms with E-state index in [0.29, 0.717) is 27.9 Å². The van der Waals surface area contributed by atoms with Crippen molar-refractivity contribution in [3.05, 3.63) is 76.6 Å². The Labute approximate surface area is 131 Å². The van der Waals surface area contributed by atoms with E-state index in [1.165, 1.54) is 16.8 Å². The van der Waals surface area contributed by atoms with Gasteiger partial charge in [0, 0.05) is 5.02 Å². The van der Waals surface area contributed by atoms with E-state index < -0.39 is 6.10 Å². The summed E-state index contributed by atoms with van der Waals surface area (Å²) in [5.74, 6) is 0.416. The number of rotatable bonds is 3. The van der Waals surface area contributed by atoms with Crippen molar-refractivity contribution in [1.29, 1.82) is 0 Å². The molecule has 1 N–H and O–H groups in total. The summed E-state index contributed by atoms with van der Waals surface area (Å²) in [5.41, 5.74) is 1.09. The molecular formula is C16H13ClFN3O. The minimum atomic E-state index is -1.01. The quantitative estimate of drug-likeness (QED) is 0.805. The number of aliphatic hydroxyl groups is 1. The minimum Gasteiger partial charge on any atom is -0.380 e. The van der Waals surface area contributed by atoms with E-state index in [2.05, 4.69) is 10.1 Å². The molecular weight excluding hydrogens is 305 g/mol. The number of aryl methyl sites for hydroxylation is 1. The number of nitrogens with zero attached hydrogens (tertiary/aromatic N) is 3. The van der Waals surface area contributed by atoms with Crippen LogP contribution in [0.25, 0.3) is 5.69 Å². The molecule has 3 aromatic rings. The number of aromatic nitrogens is 3. The third kappa shape index (κ3) is 2.86. The van der Waals surface area contributed by atoms with Crippen LogP contribution < -0.4 is 0 Å². The molecule has 1 aromatic heterocycles. The van der Waals surface area contributed by atoms with E-state index in [1.807, 2.05) is 0 Å². The molecule has 0 aliphatic carbocycles. The molecule has 0 spiro atoms. The molecule has 2 aromatic carbocycles. The Hall–Kier alpha value is -2.24. The zero-order valence-electron chi connectivity index (χ0n) is 11.7. The molecule has 6 heteroatoms. The molecule has 0 aliphatic rings. The van der Waals surface area contributed by atoms with Gasteiger partial charge in [-0.2, -0.15) is 5.10 Å². The number of halogens is 2. The van der Waals surface area contributed by atoms with E-state index in [4.69, 9.17) is 11.6 Å². The summed E-state index contributed by atoms with van der Waals surface area (Å²) in [5, 5.41) is 15.3. The second-order valence-corrected chi connectivity index (χ2v) is 5.30. The van der Waals surface area contributed by atoms with Gasteiger partial charge in [0.15, 0.2) is 5.82 Å². The first-order chi connectivity index (χ1) is 10.5. The molecule has 4 nitrogen and oxygen atoms in total. The minimum absolute atomic E-state index is 0.311. The predicted molar refractivity (Wildman–Crippen MR) is 81.6 cm³/mol. The summed E-state index contributed by atoms with van der Waals surface area (Å²) in [7, 11) is 0. The summed E-state index contributed by atoms with van der Waals surface area (Å²) in [6, 6.07) is 12.8. The maximum absolute atomic E-state index is 13.4. The third-order valence-electron chi connectivity index (χ3n) is 3.20. The lowest BCUT2D eigenvalue weighted by Crippen LogP contribution is -2.10. The lowest BCUT2D eigenvalue weighted by molar-refractivity contribution is 0.207. The van der Waals surface area contributed by atoms with Crippen molar-refractivity contribution in [1.82, 2.24) is 14.8 Å². The van der Waals surface area contributed by atoms with Crippen LogP contribution in [0.15, 0.2) is 48.5 Å². The average molecular weight is 318 g/mol. The molecule has 0 fully saturated rings. The molecule has 0 unspecified atom stereocenters. The van der Waals surface area contributed by atoms with E-state index in [9.17, 15) is 9.50 Å². The highest BCUT2D eigenvalue weighted by Gasteiger charge is 2.20. The largest absolute Gasteiger partial charge is 0.380 e. The van der Waals surface area contributed by atoms with Gasteiger partial charge < -0.3 is 5.11 Å². The maximum Gasteiger partial charge on any atom is 0.165 e. The van der Waals surface area contributed by atoms with E-state index >= 15 is 0 Å². The normalized spacial score (nSPS) is 12.4. The Balaban J connectivity index is 2.08. The second-order valence-electron chi connectivity index (χ2n) is 4.87. The number of aliphatic hydroxyl groups excluding tert-OH is 1. The van der Waals surface area contributed by atoms with E-state index in [1.54, 1.807) is 43.3 Å². The third-order valence-corrected chi connectivity index (χ3v) is 3.43. The molecule has 112 valence electrons. The van der Waals surface area contributed by atoms with Crippen LogP contribution in [0.5, 0.6) is 0 Å². The van der Waals surface area contributed by atoms with Gasteiger partial charge in [-0.25, -0.2) is 14.1 Å². The van der Waals surface area contributed by atoms with Gasteiger partial charge in [-0.15, -0.1) is 0 Å². The highest BCUT2D eigenvalue weighted by Crippen LogP contribution is 2.25. The highest BCUT2D eigenvalue weighted by atomic mass is 35.5. The van der Waals surface area contributed by atoms with Crippen molar-refractivity contribution in [3.63, 3.8) is 0 Å². The predicted octanol–water partition coefficient (Wildman–Crippen LogP) is 3.45. The van der Waals surface area contributed by atoms with Gasteiger partial charge in [-0.1, -0.05) is 29.8 Å². The van der Waals surface area contributed by atoms with Crippen molar-refractivity contribution in [2.45, 2.75) is 13.0 Å². The summed E-state index contributed by atoms with van der Waals surface area (Å²) < 4.78 is 14.9. The first-order valence-electron chi connectivity index (χ1n) is 6.67. The maximum atomic E-state index is 13.4. The number of hydrogen-bond acceptors (Lipinski definition) is 3. The lowest BCUT2D eigenvalue weighted by atomic mass is 10.1. The van der Waals surface area contributed by atoms with E-state index in [-0.39, 0.29) is 5.82 Å². The standard InChI is InChI=1S/C16H13ClFN3O/c1-10-19-16(15(22)11-4-2-5-12(17)8-11)21(20-10)14-7-3-6-13(18)9-14/h2-9,15,22H,1H3/t15-/m1/s1. The van der Waals surface area contributed by atoms with Gasteiger partial charge in [0.25, 0.3) is 0 Å². The summed E-state index contributed by atoms with van der Waals surface area (Å²) in [6.45, 7) is 1.71. The molecule has 0 aliphatic heterocycles. The molecule has 0 saturated carbocycles. The topological polar surface area (TPSA) is 50.9 Å². The van der Waals surface area contributed by atoms with Crippen LogP contribution >= 0.6 is 11.6 Å². The highest BCUT2D eigenvalue weighted by molar-refractivity contribution is 6.30. The SMILES string of the molecule is Cc1nc([C@H](O)c2cccc(Cl)c2)n(-c2cccc(F)c2)n1. The van der Waals surface area contributed by atoms with Gasteiger partial charge in [0.1, 0.15) is 17.7 Å². The van der Waals surface area contributed by atoms with Crippen molar-refractivity contribution in [2.24, 2.45) is 0 Å². The van der Waals surface area contributed by atoms with Gasteiger partial charge >= 0.3 is 0 Å². The van der Waals surface area contributed by atoms with Crippen LogP contribution in [0.1, 0.15) is 23.3 Å². The van der Waals surface area contributed by atoms with Crippen LogP contribution in [0, 0.1) is 12.7 Å². The molecule has 1 atom stereocenters. The molecule has 0 radical (unpaired) electrons. The summed E-state index contributed by atoms with van der Waals surface area (Å²) in [6.07, 6.45) is -1.01. The number of benzene rings is 2. The Kier molecular flexibility index (Phi) is 3.92. The van der Waals surface area contributed by atoms with Crippen LogP contribution in [0.4, 0.5) is 4.39 Å². The molecule has 3 rings (SSSR count). The average Bonchev–Trinajstić information content (AvgIpc) is 2.88. The van der Waals surface area contributed by atoms with E-state index in [0.717, 1.165) is 0 Å². The van der Waals surface area contributed by atoms with Crippen LogP contribution in [-0.2, 0) is 0 Å². The first-order valence-corrected chi connectivity index (χ1v) is 7.05. The van der Waals surface area contributed by atoms with Gasteiger partial charge in [-0.05, 0) is 42.8 Å². The molecule has 22 heavy (non-hydrogen) atoms. The molecule has 0 amide bonds. The zero-order chi connectivity index (χ0) is 15.7. The van der Waals surface area contributed by atoms with Crippen molar-refractivity contribution >= 4 is 11.6 Å². The summed E-state index contributed by atoms with van der Waals surface area (Å²) >= 11 is 5.96. The Morgan fingerprint density at radius 2 is 1.95 bits per heavy atom. The fourth-order valence-electron chi connectivity index (χ4n) is 2.23. The van der Waals surface area contributed by atoms with Gasteiger partial charge in [0.05, 0.1) is 5.69 Å². The lowest BCUT2D eigenvalue weighted by Gasteiger charge is -2.12. The second kappa shape index (κ2) is 5.87. The molecule has 0 bridgehead atoms. The van der Waals surface area contributed by atoms with Crippen molar-refractivity contribution in [2.75, 3.05) is 0 Å². The van der Waals surface area contributed by atoms with Gasteiger partial charge in [-0.3, -0.25) is 0 Å². The van der Waals surface area contributed by atoms with Gasteiger partial charge in [0.2, 0.25) is 0 Å². The fraction of sp³-hybridized carbons (Fsp3) is 0.125. The number of hydrogen-bond donors (Lipinski definition) is 1. The molecule has 1 heterocycles. The Bertz CT molecular complexity index is 819. The summed E-state index contributed by atoms with van der Waals surface area (Å²) in [4.78, 5) is 4.26. The fourth-order valence-corrected chi connectivity index (χ4v) is 2.43. The Morgan fingerprint density at radius 1 is 1.18 bits per heavy atom. The van der Waals surface area contributed by atoms with Crippen molar-refractivity contribution < 1.29 is 9.50 Å². The molecule has 0 saturated heterocycles. The Morgan fingerprint density at radius 3 is 2.68 bits per heavy atom. The monoisotopic (exact) mass is 317 g/mol. The van der Waals surface area contributed by atoms with Crippen LogP contribution in [-0.4, -0.2) is 19.9 Å². The smallest absolute Gasteiger partial charge is 0.165 e. The zero-order valence-corrected chi connectivity index (χ0v) is 12.5. The first kappa shape index (κ1) is 14.7. The van der Waals surface area contributed by atoms with Crippen molar-refractivity contribution in [3.8, 4) is 5.69 Å². The van der Waals surface area contributed by atoms with Crippen LogP contribution in [0.2, 0.25) is 5.02 Å².